The highest BCUT2D eigenvalue weighted by Crippen LogP contribution is 2.40. The number of piperidine rings is 1. The summed E-state index contributed by atoms with van der Waals surface area (Å²) in [6, 6.07) is 3.99. The molecule has 0 bridgehead atoms. The molecule has 5 nitrogen and oxygen atoms in total. The minimum absolute atomic E-state index is 0.0773. The SMILES string of the molecule is Cc1ccc(C(=O)N2CCC3(CC2)C[C@H](N(C)C)[C@@](C)(O)CO3)s1. The van der Waals surface area contributed by atoms with Gasteiger partial charge in [0.2, 0.25) is 0 Å². The van der Waals surface area contributed by atoms with Gasteiger partial charge in [0.1, 0.15) is 5.60 Å². The van der Waals surface area contributed by atoms with Gasteiger partial charge in [-0.05, 0) is 59.3 Å². The highest BCUT2D eigenvalue weighted by atomic mass is 32.1. The van der Waals surface area contributed by atoms with Crippen LogP contribution in [0.5, 0.6) is 0 Å². The first-order valence-electron chi connectivity index (χ1n) is 8.61. The van der Waals surface area contributed by atoms with Gasteiger partial charge < -0.3 is 19.6 Å². The molecule has 0 unspecified atom stereocenters. The molecule has 1 aromatic heterocycles. The van der Waals surface area contributed by atoms with Crippen LogP contribution in [0.15, 0.2) is 12.1 Å². The van der Waals surface area contributed by atoms with Crippen molar-refractivity contribution < 1.29 is 14.6 Å². The Morgan fingerprint density at radius 2 is 2.04 bits per heavy atom. The van der Waals surface area contributed by atoms with Crippen LogP contribution >= 0.6 is 11.3 Å². The second-order valence-corrected chi connectivity index (χ2v) is 9.00. The Bertz CT molecular complexity index is 603. The van der Waals surface area contributed by atoms with E-state index in [1.54, 1.807) is 11.3 Å². The molecule has 1 amide bonds. The molecular formula is C18H28N2O3S. The van der Waals surface area contributed by atoms with E-state index in [0.717, 1.165) is 37.2 Å². The number of hydrogen-bond acceptors (Lipinski definition) is 5. The molecule has 3 heterocycles. The van der Waals surface area contributed by atoms with E-state index in [1.807, 2.05) is 45.0 Å². The Morgan fingerprint density at radius 3 is 2.58 bits per heavy atom. The van der Waals surface area contributed by atoms with Gasteiger partial charge in [-0.2, -0.15) is 0 Å². The summed E-state index contributed by atoms with van der Waals surface area (Å²) in [5, 5.41) is 10.6. The van der Waals surface area contributed by atoms with E-state index in [2.05, 4.69) is 4.90 Å². The second kappa shape index (κ2) is 6.41. The van der Waals surface area contributed by atoms with E-state index in [-0.39, 0.29) is 17.6 Å². The number of carbonyl (C=O) groups is 1. The fraction of sp³-hybridized carbons (Fsp3) is 0.722. The van der Waals surface area contributed by atoms with Crippen molar-refractivity contribution in [1.82, 2.24) is 9.80 Å². The van der Waals surface area contributed by atoms with E-state index in [1.165, 1.54) is 4.88 Å². The topological polar surface area (TPSA) is 53.0 Å². The summed E-state index contributed by atoms with van der Waals surface area (Å²) >= 11 is 1.56. The number of ether oxygens (including phenoxy) is 1. The summed E-state index contributed by atoms with van der Waals surface area (Å²) in [6.45, 7) is 5.67. The van der Waals surface area contributed by atoms with Gasteiger partial charge in [0, 0.05) is 24.0 Å². The summed E-state index contributed by atoms with van der Waals surface area (Å²) < 4.78 is 6.13. The van der Waals surface area contributed by atoms with Crippen LogP contribution in [-0.4, -0.2) is 71.8 Å². The summed E-state index contributed by atoms with van der Waals surface area (Å²) in [5.74, 6) is 0.134. The lowest BCUT2D eigenvalue weighted by atomic mass is 9.77. The summed E-state index contributed by atoms with van der Waals surface area (Å²) in [5.41, 5.74) is -1.03. The van der Waals surface area contributed by atoms with Gasteiger partial charge in [-0.25, -0.2) is 0 Å². The minimum atomic E-state index is -0.823. The zero-order valence-electron chi connectivity index (χ0n) is 15.0. The quantitative estimate of drug-likeness (QED) is 0.886. The second-order valence-electron chi connectivity index (χ2n) is 7.71. The molecule has 1 aromatic rings. The van der Waals surface area contributed by atoms with Crippen molar-refractivity contribution in [3.8, 4) is 0 Å². The summed E-state index contributed by atoms with van der Waals surface area (Å²) in [4.78, 5) is 18.6. The fourth-order valence-corrected chi connectivity index (χ4v) is 4.77. The number of thiophene rings is 1. The number of amides is 1. The third kappa shape index (κ3) is 3.38. The Balaban J connectivity index is 1.65. The number of aliphatic hydroxyl groups is 1. The number of rotatable bonds is 2. The Kier molecular flexibility index (Phi) is 4.77. The molecule has 2 atom stereocenters. The standard InChI is InChI=1S/C18H28N2O3S/c1-13-5-6-14(24-13)16(21)20-9-7-18(8-10-20)11-15(19(3)4)17(2,22)12-23-18/h5-6,15,22H,7-12H2,1-4H3/t15-,17-/m0/s1. The zero-order valence-corrected chi connectivity index (χ0v) is 15.9. The lowest BCUT2D eigenvalue weighted by molar-refractivity contribution is -0.205. The lowest BCUT2D eigenvalue weighted by Gasteiger charge is -2.52. The lowest BCUT2D eigenvalue weighted by Crippen LogP contribution is -2.62. The van der Waals surface area contributed by atoms with Crippen molar-refractivity contribution in [1.29, 1.82) is 0 Å². The highest BCUT2D eigenvalue weighted by molar-refractivity contribution is 7.13. The number of hydrogen-bond donors (Lipinski definition) is 1. The molecular weight excluding hydrogens is 324 g/mol. The monoisotopic (exact) mass is 352 g/mol. The van der Waals surface area contributed by atoms with E-state index < -0.39 is 5.60 Å². The van der Waals surface area contributed by atoms with Gasteiger partial charge in [0.15, 0.2) is 0 Å². The van der Waals surface area contributed by atoms with Crippen molar-refractivity contribution in [3.63, 3.8) is 0 Å². The molecule has 0 radical (unpaired) electrons. The largest absolute Gasteiger partial charge is 0.386 e. The van der Waals surface area contributed by atoms with E-state index in [0.29, 0.717) is 6.61 Å². The molecule has 1 N–H and O–H groups in total. The summed E-state index contributed by atoms with van der Waals surface area (Å²) in [7, 11) is 4.02. The first-order valence-corrected chi connectivity index (χ1v) is 9.43. The van der Waals surface area contributed by atoms with Crippen LogP contribution < -0.4 is 0 Å². The maximum Gasteiger partial charge on any atom is 0.263 e. The maximum absolute atomic E-state index is 12.6. The molecule has 2 aliphatic rings. The first-order chi connectivity index (χ1) is 11.2. The molecule has 1 spiro atoms. The van der Waals surface area contributed by atoms with Crippen molar-refractivity contribution in [3.05, 3.63) is 21.9 Å². The third-order valence-corrected chi connectivity index (χ3v) is 6.48. The Hall–Kier alpha value is -0.950. The Labute approximate surface area is 148 Å². The van der Waals surface area contributed by atoms with Crippen molar-refractivity contribution in [2.45, 2.75) is 50.4 Å². The molecule has 6 heteroatoms. The van der Waals surface area contributed by atoms with Gasteiger partial charge >= 0.3 is 0 Å². The van der Waals surface area contributed by atoms with Crippen molar-refractivity contribution in [2.75, 3.05) is 33.8 Å². The number of nitrogens with zero attached hydrogens (tertiary/aromatic N) is 2. The number of likely N-dealkylation sites (N-methyl/N-ethyl adjacent to an activating group) is 1. The molecule has 0 aliphatic carbocycles. The van der Waals surface area contributed by atoms with Gasteiger partial charge in [0.25, 0.3) is 5.91 Å². The van der Waals surface area contributed by atoms with Gasteiger partial charge in [-0.15, -0.1) is 11.3 Å². The average Bonchev–Trinajstić information content (AvgIpc) is 2.96. The van der Waals surface area contributed by atoms with Gasteiger partial charge in [-0.3, -0.25) is 4.79 Å². The average molecular weight is 353 g/mol. The number of carbonyl (C=O) groups excluding carboxylic acids is 1. The molecule has 0 aromatic carbocycles. The number of likely N-dealkylation sites (tertiary alicyclic amines) is 1. The molecule has 134 valence electrons. The molecule has 24 heavy (non-hydrogen) atoms. The van der Waals surface area contributed by atoms with Crippen LogP contribution in [0.3, 0.4) is 0 Å². The normalized spacial score (nSPS) is 30.1. The molecule has 2 fully saturated rings. The van der Waals surface area contributed by atoms with Crippen LogP contribution in [0.2, 0.25) is 0 Å². The van der Waals surface area contributed by atoms with Crippen LogP contribution in [0, 0.1) is 6.92 Å². The predicted molar refractivity (Wildman–Crippen MR) is 95.6 cm³/mol. The smallest absolute Gasteiger partial charge is 0.263 e. The Morgan fingerprint density at radius 1 is 1.38 bits per heavy atom. The highest BCUT2D eigenvalue weighted by Gasteiger charge is 2.49. The van der Waals surface area contributed by atoms with Crippen LogP contribution in [0.4, 0.5) is 0 Å². The van der Waals surface area contributed by atoms with Crippen LogP contribution in [0.1, 0.15) is 40.7 Å². The third-order valence-electron chi connectivity index (χ3n) is 5.49. The van der Waals surface area contributed by atoms with Gasteiger partial charge in [-0.1, -0.05) is 0 Å². The number of aryl methyl sites for hydroxylation is 1. The van der Waals surface area contributed by atoms with Crippen LogP contribution in [-0.2, 0) is 4.74 Å². The van der Waals surface area contributed by atoms with Crippen LogP contribution in [0.25, 0.3) is 0 Å². The molecule has 2 aliphatic heterocycles. The van der Waals surface area contributed by atoms with Crippen molar-refractivity contribution in [2.24, 2.45) is 0 Å². The zero-order chi connectivity index (χ0) is 17.5. The maximum atomic E-state index is 12.6. The van der Waals surface area contributed by atoms with E-state index in [9.17, 15) is 9.90 Å². The first kappa shape index (κ1) is 17.9. The van der Waals surface area contributed by atoms with E-state index >= 15 is 0 Å². The molecule has 2 saturated heterocycles. The predicted octanol–water partition coefficient (Wildman–Crippen LogP) is 2.13. The molecule has 3 rings (SSSR count). The molecule has 0 saturated carbocycles. The van der Waals surface area contributed by atoms with Gasteiger partial charge in [0.05, 0.1) is 17.1 Å². The summed E-state index contributed by atoms with van der Waals surface area (Å²) in [6.07, 6.45) is 2.49. The van der Waals surface area contributed by atoms with Crippen molar-refractivity contribution >= 4 is 17.2 Å². The van der Waals surface area contributed by atoms with E-state index in [4.69, 9.17) is 4.74 Å². The minimum Gasteiger partial charge on any atom is -0.386 e. The fourth-order valence-electron chi connectivity index (χ4n) is 3.94.